The van der Waals surface area contributed by atoms with Gasteiger partial charge in [0.1, 0.15) is 5.52 Å². The molecule has 21 heavy (non-hydrogen) atoms. The van der Waals surface area contributed by atoms with E-state index >= 15 is 0 Å². The van der Waals surface area contributed by atoms with Crippen LogP contribution in [0.25, 0.3) is 11.0 Å². The van der Waals surface area contributed by atoms with Crippen molar-refractivity contribution in [2.24, 2.45) is 0 Å². The highest BCUT2D eigenvalue weighted by molar-refractivity contribution is 9.10. The maximum absolute atomic E-state index is 12.5. The first-order valence-corrected chi connectivity index (χ1v) is 7.22. The Morgan fingerprint density at radius 3 is 2.71 bits per heavy atom. The van der Waals surface area contributed by atoms with Crippen LogP contribution in [0.3, 0.4) is 0 Å². The van der Waals surface area contributed by atoms with Crippen LogP contribution in [0.4, 0.5) is 5.69 Å². The van der Waals surface area contributed by atoms with Crippen molar-refractivity contribution in [3.63, 3.8) is 0 Å². The summed E-state index contributed by atoms with van der Waals surface area (Å²) in [6.07, 6.45) is 3.20. The van der Waals surface area contributed by atoms with Crippen LogP contribution in [-0.2, 0) is 0 Å². The van der Waals surface area contributed by atoms with Crippen LogP contribution in [0.1, 0.15) is 15.9 Å². The number of aromatic nitrogens is 2. The fraction of sp³-hybridized carbons (Fsp3) is 0.0625. The lowest BCUT2D eigenvalue weighted by Gasteiger charge is -2.10. The van der Waals surface area contributed by atoms with Gasteiger partial charge >= 0.3 is 0 Å². The molecule has 3 rings (SSSR count). The third-order valence-electron chi connectivity index (χ3n) is 3.26. The molecule has 0 saturated carbocycles. The molecule has 0 unspecified atom stereocenters. The van der Waals surface area contributed by atoms with Crippen LogP contribution in [0.15, 0.2) is 53.3 Å². The molecule has 2 aromatic carbocycles. The second-order valence-electron chi connectivity index (χ2n) is 4.60. The van der Waals surface area contributed by atoms with E-state index in [1.807, 2.05) is 31.2 Å². The van der Waals surface area contributed by atoms with E-state index in [0.29, 0.717) is 16.6 Å². The smallest absolute Gasteiger partial charge is 0.257 e. The van der Waals surface area contributed by atoms with Crippen molar-refractivity contribution in [3.8, 4) is 0 Å². The molecule has 1 aromatic heterocycles. The topological polar surface area (TPSA) is 54.9 Å². The molecular formula is C16H12BrN3O. The van der Waals surface area contributed by atoms with Crippen molar-refractivity contribution < 1.29 is 4.79 Å². The third-order valence-corrected chi connectivity index (χ3v) is 4.12. The summed E-state index contributed by atoms with van der Waals surface area (Å²) < 4.78 is 0.956. The summed E-state index contributed by atoms with van der Waals surface area (Å²) in [5.74, 6) is -0.192. The monoisotopic (exact) mass is 341 g/mol. The van der Waals surface area contributed by atoms with Gasteiger partial charge in [0.25, 0.3) is 5.91 Å². The second kappa shape index (κ2) is 5.61. The molecule has 3 aromatic rings. The van der Waals surface area contributed by atoms with Crippen molar-refractivity contribution in [2.75, 3.05) is 5.32 Å². The normalized spacial score (nSPS) is 10.6. The largest absolute Gasteiger partial charge is 0.322 e. The molecule has 0 saturated heterocycles. The van der Waals surface area contributed by atoms with E-state index in [-0.39, 0.29) is 5.91 Å². The zero-order chi connectivity index (χ0) is 14.8. The van der Waals surface area contributed by atoms with Crippen molar-refractivity contribution in [3.05, 3.63) is 64.4 Å². The lowest BCUT2D eigenvalue weighted by Crippen LogP contribution is -2.13. The molecular weight excluding hydrogens is 330 g/mol. The molecule has 0 aliphatic rings. The van der Waals surface area contributed by atoms with Crippen molar-refractivity contribution in [2.45, 2.75) is 6.92 Å². The number of rotatable bonds is 2. The Hall–Kier alpha value is -2.27. The molecule has 4 nitrogen and oxygen atoms in total. The van der Waals surface area contributed by atoms with Gasteiger partial charge in [-0.2, -0.15) is 0 Å². The SMILES string of the molecule is Cc1c(Br)cccc1NC(=O)c1cccc2nccnc12. The van der Waals surface area contributed by atoms with Gasteiger partial charge in [-0.1, -0.05) is 28.1 Å². The Kier molecular flexibility index (Phi) is 3.66. The number of benzene rings is 2. The average molecular weight is 342 g/mol. The molecule has 104 valence electrons. The van der Waals surface area contributed by atoms with E-state index in [1.54, 1.807) is 24.5 Å². The molecule has 0 fully saturated rings. The Labute approximate surface area is 130 Å². The van der Waals surface area contributed by atoms with Gasteiger partial charge in [-0.3, -0.25) is 14.8 Å². The zero-order valence-electron chi connectivity index (χ0n) is 11.3. The number of carbonyl (C=O) groups excluding carboxylic acids is 1. The van der Waals surface area contributed by atoms with Gasteiger partial charge < -0.3 is 5.32 Å². The van der Waals surface area contributed by atoms with Crippen LogP contribution < -0.4 is 5.32 Å². The van der Waals surface area contributed by atoms with E-state index in [0.717, 1.165) is 15.7 Å². The highest BCUT2D eigenvalue weighted by atomic mass is 79.9. The van der Waals surface area contributed by atoms with E-state index in [1.165, 1.54) is 0 Å². The van der Waals surface area contributed by atoms with E-state index in [2.05, 4.69) is 31.2 Å². The third kappa shape index (κ3) is 2.64. The van der Waals surface area contributed by atoms with Gasteiger partial charge in [-0.15, -0.1) is 0 Å². The number of fused-ring (bicyclic) bond motifs is 1. The molecule has 0 bridgehead atoms. The average Bonchev–Trinajstić information content (AvgIpc) is 2.51. The Morgan fingerprint density at radius 2 is 1.86 bits per heavy atom. The standard InChI is InChI=1S/C16H12BrN3O/c1-10-12(17)5-3-6-13(10)20-16(21)11-4-2-7-14-15(11)19-9-8-18-14/h2-9H,1H3,(H,20,21). The van der Waals surface area contributed by atoms with Crippen molar-refractivity contribution >= 4 is 38.6 Å². The predicted molar refractivity (Wildman–Crippen MR) is 86.4 cm³/mol. The predicted octanol–water partition coefficient (Wildman–Crippen LogP) is 3.95. The van der Waals surface area contributed by atoms with Gasteiger partial charge in [-0.25, -0.2) is 0 Å². The molecule has 0 atom stereocenters. The van der Waals surface area contributed by atoms with Gasteiger partial charge in [0.15, 0.2) is 0 Å². The van der Waals surface area contributed by atoms with Crippen LogP contribution in [-0.4, -0.2) is 15.9 Å². The molecule has 5 heteroatoms. The summed E-state index contributed by atoms with van der Waals surface area (Å²) in [5, 5.41) is 2.92. The molecule has 0 spiro atoms. The van der Waals surface area contributed by atoms with Crippen molar-refractivity contribution in [1.82, 2.24) is 9.97 Å². The van der Waals surface area contributed by atoms with Crippen molar-refractivity contribution in [1.29, 1.82) is 0 Å². The van der Waals surface area contributed by atoms with Gasteiger partial charge in [0, 0.05) is 22.6 Å². The second-order valence-corrected chi connectivity index (χ2v) is 5.45. The minimum Gasteiger partial charge on any atom is -0.322 e. The van der Waals surface area contributed by atoms with Crippen LogP contribution in [0.2, 0.25) is 0 Å². The van der Waals surface area contributed by atoms with E-state index < -0.39 is 0 Å². The molecule has 0 radical (unpaired) electrons. The number of hydrogen-bond donors (Lipinski definition) is 1. The Bertz CT molecular complexity index is 827. The molecule has 0 aliphatic carbocycles. The summed E-state index contributed by atoms with van der Waals surface area (Å²) >= 11 is 3.46. The number of halogens is 1. The molecule has 1 amide bonds. The highest BCUT2D eigenvalue weighted by Crippen LogP contribution is 2.24. The Balaban J connectivity index is 2.00. The first-order chi connectivity index (χ1) is 10.2. The summed E-state index contributed by atoms with van der Waals surface area (Å²) in [7, 11) is 0. The number of carbonyl (C=O) groups is 1. The fourth-order valence-corrected chi connectivity index (χ4v) is 2.47. The number of nitrogens with one attached hydrogen (secondary N) is 1. The quantitative estimate of drug-likeness (QED) is 0.767. The summed E-state index contributed by atoms with van der Waals surface area (Å²) in [6, 6.07) is 11.1. The first-order valence-electron chi connectivity index (χ1n) is 6.43. The van der Waals surface area contributed by atoms with Gasteiger partial charge in [-0.05, 0) is 36.8 Å². The van der Waals surface area contributed by atoms with Crippen LogP contribution >= 0.6 is 15.9 Å². The van der Waals surface area contributed by atoms with Gasteiger partial charge in [0.2, 0.25) is 0 Å². The molecule has 1 heterocycles. The fourth-order valence-electron chi connectivity index (χ4n) is 2.11. The maximum Gasteiger partial charge on any atom is 0.257 e. The minimum absolute atomic E-state index is 0.192. The lowest BCUT2D eigenvalue weighted by molar-refractivity contribution is 0.102. The summed E-state index contributed by atoms with van der Waals surface area (Å²) in [4.78, 5) is 21.0. The number of nitrogens with zero attached hydrogens (tertiary/aromatic N) is 2. The minimum atomic E-state index is -0.192. The number of anilines is 1. The van der Waals surface area contributed by atoms with E-state index in [9.17, 15) is 4.79 Å². The summed E-state index contributed by atoms with van der Waals surface area (Å²) in [6.45, 7) is 1.95. The van der Waals surface area contributed by atoms with Gasteiger partial charge in [0.05, 0.1) is 11.1 Å². The number of para-hydroxylation sites is 1. The summed E-state index contributed by atoms with van der Waals surface area (Å²) in [5.41, 5.74) is 3.58. The van der Waals surface area contributed by atoms with Crippen LogP contribution in [0.5, 0.6) is 0 Å². The van der Waals surface area contributed by atoms with Crippen LogP contribution in [0, 0.1) is 6.92 Å². The highest BCUT2D eigenvalue weighted by Gasteiger charge is 2.13. The number of hydrogen-bond acceptors (Lipinski definition) is 3. The molecule has 1 N–H and O–H groups in total. The lowest BCUT2D eigenvalue weighted by atomic mass is 10.1. The first kappa shape index (κ1) is 13.7. The maximum atomic E-state index is 12.5. The van der Waals surface area contributed by atoms with E-state index in [4.69, 9.17) is 0 Å². The molecule has 0 aliphatic heterocycles. The zero-order valence-corrected chi connectivity index (χ0v) is 12.9. The number of amides is 1. The Morgan fingerprint density at radius 1 is 1.10 bits per heavy atom.